The molecule has 0 atom stereocenters. The summed E-state index contributed by atoms with van der Waals surface area (Å²) in [6.07, 6.45) is 0. The largest absolute Gasteiger partial charge is 0.360 e. The minimum absolute atomic E-state index is 0.0392. The quantitative estimate of drug-likeness (QED) is 0.894. The van der Waals surface area contributed by atoms with Crippen molar-refractivity contribution in [3.8, 4) is 0 Å². The molecule has 2 N–H and O–H groups in total. The number of nitrogens with one attached hydrogen (secondary N) is 2. The normalized spacial score (nSPS) is 14.2. The summed E-state index contributed by atoms with van der Waals surface area (Å²) >= 11 is 6.02. The number of hydrogen-bond donors (Lipinski definition) is 2. The second kappa shape index (κ2) is 7.36. The molecule has 0 aromatic heterocycles. The van der Waals surface area contributed by atoms with E-state index in [0.717, 1.165) is 17.8 Å². The van der Waals surface area contributed by atoms with Gasteiger partial charge in [-0.05, 0) is 29.8 Å². The molecule has 5 nitrogen and oxygen atoms in total. The summed E-state index contributed by atoms with van der Waals surface area (Å²) in [7, 11) is 0. The highest BCUT2D eigenvalue weighted by atomic mass is 35.5. The van der Waals surface area contributed by atoms with Gasteiger partial charge in [0.15, 0.2) is 0 Å². The lowest BCUT2D eigenvalue weighted by molar-refractivity contribution is -0.120. The molecule has 1 aliphatic heterocycles. The Morgan fingerprint density at radius 2 is 1.92 bits per heavy atom. The van der Waals surface area contributed by atoms with Crippen LogP contribution in [0.25, 0.3) is 0 Å². The number of amides is 2. The van der Waals surface area contributed by atoms with Crippen molar-refractivity contribution in [2.75, 3.05) is 24.5 Å². The summed E-state index contributed by atoms with van der Waals surface area (Å²) in [6.45, 7) is 2.26. The first kappa shape index (κ1) is 16.3. The number of carbonyl (C=O) groups excluding carboxylic acids is 2. The monoisotopic (exact) mass is 343 g/mol. The van der Waals surface area contributed by atoms with Gasteiger partial charge in [-0.3, -0.25) is 9.59 Å². The molecule has 2 aromatic carbocycles. The fourth-order valence-electron chi connectivity index (χ4n) is 2.61. The molecule has 1 saturated heterocycles. The van der Waals surface area contributed by atoms with Gasteiger partial charge in [0.05, 0.1) is 17.1 Å². The Hall–Kier alpha value is -2.53. The van der Waals surface area contributed by atoms with Crippen LogP contribution in [-0.4, -0.2) is 31.4 Å². The minimum Gasteiger partial charge on any atom is -0.360 e. The number of anilines is 1. The van der Waals surface area contributed by atoms with Crippen LogP contribution in [0, 0.1) is 0 Å². The van der Waals surface area contributed by atoms with E-state index in [2.05, 4.69) is 10.6 Å². The number of piperazine rings is 1. The highest BCUT2D eigenvalue weighted by Gasteiger charge is 2.16. The lowest BCUT2D eigenvalue weighted by atomic mass is 10.1. The third-order valence-electron chi connectivity index (χ3n) is 3.91. The average molecular weight is 344 g/mol. The molecule has 0 spiro atoms. The van der Waals surface area contributed by atoms with Crippen LogP contribution < -0.4 is 15.5 Å². The molecule has 0 unspecified atom stereocenters. The molecule has 2 amide bonds. The maximum absolute atomic E-state index is 12.1. The van der Waals surface area contributed by atoms with Crippen LogP contribution in [0.15, 0.2) is 48.5 Å². The van der Waals surface area contributed by atoms with Crippen molar-refractivity contribution in [2.45, 2.75) is 6.54 Å². The van der Waals surface area contributed by atoms with Gasteiger partial charge in [-0.1, -0.05) is 35.9 Å². The van der Waals surface area contributed by atoms with E-state index in [4.69, 9.17) is 11.6 Å². The summed E-state index contributed by atoms with van der Waals surface area (Å²) in [4.78, 5) is 25.6. The number of hydrogen-bond acceptors (Lipinski definition) is 3. The van der Waals surface area contributed by atoms with E-state index < -0.39 is 0 Å². The van der Waals surface area contributed by atoms with Crippen LogP contribution in [0.4, 0.5) is 5.69 Å². The van der Waals surface area contributed by atoms with Crippen molar-refractivity contribution in [1.82, 2.24) is 10.6 Å². The molecule has 6 heteroatoms. The van der Waals surface area contributed by atoms with Gasteiger partial charge in [0.1, 0.15) is 0 Å². The average Bonchev–Trinajstić information content (AvgIpc) is 2.60. The van der Waals surface area contributed by atoms with Gasteiger partial charge < -0.3 is 15.5 Å². The Morgan fingerprint density at radius 1 is 1.17 bits per heavy atom. The zero-order valence-electron chi connectivity index (χ0n) is 13.1. The number of benzene rings is 2. The van der Waals surface area contributed by atoms with Gasteiger partial charge in [-0.15, -0.1) is 0 Å². The van der Waals surface area contributed by atoms with Crippen LogP contribution in [0.1, 0.15) is 15.9 Å². The van der Waals surface area contributed by atoms with Crippen molar-refractivity contribution in [2.24, 2.45) is 0 Å². The van der Waals surface area contributed by atoms with Crippen molar-refractivity contribution < 1.29 is 9.59 Å². The Bertz CT molecular complexity index is 746. The molecule has 0 radical (unpaired) electrons. The zero-order chi connectivity index (χ0) is 16.9. The fraction of sp³-hybridized carbons (Fsp3) is 0.222. The van der Waals surface area contributed by atoms with E-state index in [1.807, 2.05) is 29.2 Å². The van der Waals surface area contributed by atoms with Gasteiger partial charge in [-0.25, -0.2) is 0 Å². The van der Waals surface area contributed by atoms with Gasteiger partial charge in [0.2, 0.25) is 5.91 Å². The summed E-state index contributed by atoms with van der Waals surface area (Å²) in [5.74, 6) is -0.158. The summed E-state index contributed by atoms with van der Waals surface area (Å²) in [6, 6.07) is 14.8. The molecule has 1 fully saturated rings. The van der Waals surface area contributed by atoms with E-state index in [9.17, 15) is 9.59 Å². The third kappa shape index (κ3) is 3.86. The van der Waals surface area contributed by atoms with Crippen LogP contribution >= 0.6 is 11.6 Å². The van der Waals surface area contributed by atoms with Crippen LogP contribution in [0.5, 0.6) is 0 Å². The molecule has 1 aliphatic rings. The third-order valence-corrected chi connectivity index (χ3v) is 4.24. The van der Waals surface area contributed by atoms with Gasteiger partial charge in [0, 0.05) is 25.3 Å². The SMILES string of the molecule is O=C1CN(c2ccc(CNC(=O)c3ccccc3Cl)cc2)CCN1. The first-order valence-corrected chi connectivity index (χ1v) is 8.14. The van der Waals surface area contributed by atoms with Gasteiger partial charge in [-0.2, -0.15) is 0 Å². The van der Waals surface area contributed by atoms with Crippen molar-refractivity contribution in [3.63, 3.8) is 0 Å². The second-order valence-electron chi connectivity index (χ2n) is 5.60. The topological polar surface area (TPSA) is 61.4 Å². The number of halogens is 1. The molecule has 0 aliphatic carbocycles. The minimum atomic E-state index is -0.197. The molecule has 24 heavy (non-hydrogen) atoms. The zero-order valence-corrected chi connectivity index (χ0v) is 13.8. The molecular formula is C18H18ClN3O2. The predicted octanol–water partition coefficient (Wildman–Crippen LogP) is 2.21. The Labute approximate surface area is 145 Å². The molecule has 1 heterocycles. The lowest BCUT2D eigenvalue weighted by Gasteiger charge is -2.28. The Balaban J connectivity index is 1.59. The molecule has 2 aromatic rings. The molecule has 0 saturated carbocycles. The fourth-order valence-corrected chi connectivity index (χ4v) is 2.83. The highest BCUT2D eigenvalue weighted by molar-refractivity contribution is 6.33. The van der Waals surface area contributed by atoms with E-state index >= 15 is 0 Å². The molecule has 0 bridgehead atoms. The number of carbonyl (C=O) groups is 2. The van der Waals surface area contributed by atoms with Crippen LogP contribution in [0.2, 0.25) is 5.02 Å². The number of rotatable bonds is 4. The lowest BCUT2D eigenvalue weighted by Crippen LogP contribution is -2.47. The van der Waals surface area contributed by atoms with Crippen molar-refractivity contribution in [3.05, 3.63) is 64.7 Å². The summed E-state index contributed by atoms with van der Waals surface area (Å²) in [5, 5.41) is 6.11. The van der Waals surface area contributed by atoms with E-state index in [0.29, 0.717) is 30.2 Å². The molecule has 124 valence electrons. The van der Waals surface area contributed by atoms with Crippen LogP contribution in [-0.2, 0) is 11.3 Å². The van der Waals surface area contributed by atoms with E-state index in [-0.39, 0.29) is 11.8 Å². The maximum atomic E-state index is 12.1. The smallest absolute Gasteiger partial charge is 0.253 e. The van der Waals surface area contributed by atoms with Crippen molar-refractivity contribution >= 4 is 29.1 Å². The summed E-state index contributed by atoms with van der Waals surface area (Å²) in [5.41, 5.74) is 2.46. The number of nitrogens with zero attached hydrogens (tertiary/aromatic N) is 1. The molecular weight excluding hydrogens is 326 g/mol. The van der Waals surface area contributed by atoms with Gasteiger partial charge >= 0.3 is 0 Å². The predicted molar refractivity (Wildman–Crippen MR) is 94.3 cm³/mol. The summed E-state index contributed by atoms with van der Waals surface area (Å²) < 4.78 is 0. The first-order valence-electron chi connectivity index (χ1n) is 7.77. The molecule has 3 rings (SSSR count). The second-order valence-corrected chi connectivity index (χ2v) is 6.01. The van der Waals surface area contributed by atoms with E-state index in [1.54, 1.807) is 24.3 Å². The van der Waals surface area contributed by atoms with Crippen LogP contribution in [0.3, 0.4) is 0 Å². The highest BCUT2D eigenvalue weighted by Crippen LogP contribution is 2.17. The van der Waals surface area contributed by atoms with Crippen molar-refractivity contribution in [1.29, 1.82) is 0 Å². The Morgan fingerprint density at radius 3 is 2.62 bits per heavy atom. The Kier molecular flexibility index (Phi) is 5.01. The first-order chi connectivity index (χ1) is 11.6. The van der Waals surface area contributed by atoms with E-state index in [1.165, 1.54) is 0 Å². The maximum Gasteiger partial charge on any atom is 0.253 e. The standard InChI is InChI=1S/C18H18ClN3O2/c19-16-4-2-1-3-15(16)18(24)21-11-13-5-7-14(8-6-13)22-10-9-20-17(23)12-22/h1-8H,9-12H2,(H,20,23)(H,21,24). The van der Waals surface area contributed by atoms with Gasteiger partial charge in [0.25, 0.3) is 5.91 Å².